The van der Waals surface area contributed by atoms with Crippen molar-refractivity contribution in [3.05, 3.63) is 36.0 Å². The van der Waals surface area contributed by atoms with Crippen LogP contribution in [0.25, 0.3) is 10.9 Å². The van der Waals surface area contributed by atoms with Gasteiger partial charge < -0.3 is 9.88 Å². The average Bonchev–Trinajstić information content (AvgIpc) is 2.82. The van der Waals surface area contributed by atoms with Crippen LogP contribution in [0.2, 0.25) is 0 Å². The van der Waals surface area contributed by atoms with Crippen LogP contribution in [-0.4, -0.2) is 48.8 Å². The van der Waals surface area contributed by atoms with Crippen molar-refractivity contribution in [1.82, 2.24) is 9.88 Å². The molecule has 0 spiro atoms. The zero-order chi connectivity index (χ0) is 14.2. The topological polar surface area (TPSA) is 70.2 Å². The number of nitrogens with one attached hydrogen (secondary N) is 1. The first-order valence-corrected chi connectivity index (χ1v) is 8.45. The second-order valence-corrected chi connectivity index (χ2v) is 7.35. The maximum absolute atomic E-state index is 12.6. The van der Waals surface area contributed by atoms with Gasteiger partial charge in [0.25, 0.3) is 5.91 Å². The van der Waals surface area contributed by atoms with Crippen molar-refractivity contribution >= 4 is 26.6 Å². The summed E-state index contributed by atoms with van der Waals surface area (Å²) in [4.78, 5) is 17.3. The maximum Gasteiger partial charge on any atom is 0.254 e. The molecule has 6 heteroatoms. The predicted molar refractivity (Wildman–Crippen MR) is 77.5 cm³/mol. The van der Waals surface area contributed by atoms with E-state index >= 15 is 0 Å². The molecular weight excluding hydrogens is 276 g/mol. The fourth-order valence-corrected chi connectivity index (χ4v) is 3.86. The number of hydrogen-bond donors (Lipinski definition) is 1. The number of benzene rings is 1. The van der Waals surface area contributed by atoms with E-state index in [1.54, 1.807) is 17.2 Å². The molecule has 1 amide bonds. The van der Waals surface area contributed by atoms with Crippen LogP contribution in [0.1, 0.15) is 16.8 Å². The minimum absolute atomic E-state index is 0.0574. The lowest BCUT2D eigenvalue weighted by Gasteiger charge is -2.20. The molecule has 0 saturated carbocycles. The van der Waals surface area contributed by atoms with Gasteiger partial charge in [-0.15, -0.1) is 0 Å². The summed E-state index contributed by atoms with van der Waals surface area (Å²) in [6, 6.07) is 7.41. The summed E-state index contributed by atoms with van der Waals surface area (Å²) >= 11 is 0. The Morgan fingerprint density at radius 2 is 2.00 bits per heavy atom. The Hall–Kier alpha value is -1.82. The third kappa shape index (κ3) is 2.43. The monoisotopic (exact) mass is 292 g/mol. The molecule has 5 nitrogen and oxygen atoms in total. The van der Waals surface area contributed by atoms with Gasteiger partial charge >= 0.3 is 0 Å². The van der Waals surface area contributed by atoms with Gasteiger partial charge in [-0.25, -0.2) is 8.42 Å². The van der Waals surface area contributed by atoms with Crippen molar-refractivity contribution < 1.29 is 13.2 Å². The number of aromatic amines is 1. The Bertz CT molecular complexity index is 749. The molecule has 0 aliphatic carbocycles. The molecule has 3 rings (SSSR count). The van der Waals surface area contributed by atoms with Gasteiger partial charge in [0.1, 0.15) is 0 Å². The number of aromatic nitrogens is 1. The van der Waals surface area contributed by atoms with Gasteiger partial charge in [0.2, 0.25) is 0 Å². The lowest BCUT2D eigenvalue weighted by Crippen LogP contribution is -2.33. The smallest absolute Gasteiger partial charge is 0.254 e. The van der Waals surface area contributed by atoms with Gasteiger partial charge in [-0.05, 0) is 24.6 Å². The molecule has 1 aliphatic heterocycles. The molecule has 1 aromatic carbocycles. The van der Waals surface area contributed by atoms with E-state index in [0.717, 1.165) is 10.9 Å². The molecule has 1 fully saturated rings. The van der Waals surface area contributed by atoms with Gasteiger partial charge in [-0.2, -0.15) is 0 Å². The largest absolute Gasteiger partial charge is 0.361 e. The second kappa shape index (κ2) is 4.94. The van der Waals surface area contributed by atoms with E-state index in [-0.39, 0.29) is 24.0 Å². The van der Waals surface area contributed by atoms with Gasteiger partial charge in [0.15, 0.2) is 9.84 Å². The number of carbonyl (C=O) groups excluding carboxylic acids is 1. The fourth-order valence-electron chi connectivity index (χ4n) is 2.58. The number of nitrogens with zero attached hydrogens (tertiary/aromatic N) is 1. The highest BCUT2D eigenvalue weighted by Crippen LogP contribution is 2.20. The van der Waals surface area contributed by atoms with Crippen LogP contribution in [0.5, 0.6) is 0 Å². The molecule has 0 bridgehead atoms. The van der Waals surface area contributed by atoms with Crippen LogP contribution >= 0.6 is 0 Å². The Morgan fingerprint density at radius 1 is 1.15 bits per heavy atom. The molecule has 0 radical (unpaired) electrons. The minimum Gasteiger partial charge on any atom is -0.361 e. The Balaban J connectivity index is 1.91. The first-order chi connectivity index (χ1) is 9.57. The summed E-state index contributed by atoms with van der Waals surface area (Å²) in [5.41, 5.74) is 1.54. The number of fused-ring (bicyclic) bond motifs is 1. The Morgan fingerprint density at radius 3 is 2.85 bits per heavy atom. The van der Waals surface area contributed by atoms with E-state index < -0.39 is 9.84 Å². The summed E-state index contributed by atoms with van der Waals surface area (Å²) in [7, 11) is -3.00. The highest BCUT2D eigenvalue weighted by Gasteiger charge is 2.24. The van der Waals surface area contributed by atoms with E-state index in [9.17, 15) is 13.2 Å². The van der Waals surface area contributed by atoms with Gasteiger partial charge in [-0.1, -0.05) is 6.07 Å². The van der Waals surface area contributed by atoms with Crippen molar-refractivity contribution in [2.24, 2.45) is 0 Å². The van der Waals surface area contributed by atoms with E-state index in [1.165, 1.54) is 0 Å². The zero-order valence-electron chi connectivity index (χ0n) is 11.0. The summed E-state index contributed by atoms with van der Waals surface area (Å²) in [6.45, 7) is 0.779. The normalized spacial score (nSPS) is 18.9. The predicted octanol–water partition coefficient (Wildman–Crippen LogP) is 1.43. The van der Waals surface area contributed by atoms with Crippen LogP contribution in [0.15, 0.2) is 30.5 Å². The summed E-state index contributed by atoms with van der Waals surface area (Å²) in [5, 5.41) is 0.879. The molecule has 20 heavy (non-hydrogen) atoms. The third-order valence-corrected chi connectivity index (χ3v) is 5.38. The molecule has 0 unspecified atom stereocenters. The van der Waals surface area contributed by atoms with E-state index in [4.69, 9.17) is 0 Å². The molecule has 106 valence electrons. The van der Waals surface area contributed by atoms with Crippen molar-refractivity contribution in [3.63, 3.8) is 0 Å². The first-order valence-electron chi connectivity index (χ1n) is 6.63. The van der Waals surface area contributed by atoms with Gasteiger partial charge in [0, 0.05) is 35.8 Å². The molecule has 1 aliphatic rings. The van der Waals surface area contributed by atoms with Crippen molar-refractivity contribution in [2.75, 3.05) is 24.6 Å². The highest BCUT2D eigenvalue weighted by atomic mass is 32.2. The number of amides is 1. The second-order valence-electron chi connectivity index (χ2n) is 5.04. The zero-order valence-corrected chi connectivity index (χ0v) is 11.8. The van der Waals surface area contributed by atoms with Crippen molar-refractivity contribution in [3.8, 4) is 0 Å². The summed E-state index contributed by atoms with van der Waals surface area (Å²) < 4.78 is 23.2. The molecule has 1 saturated heterocycles. The maximum atomic E-state index is 12.6. The quantitative estimate of drug-likeness (QED) is 0.864. The van der Waals surface area contributed by atoms with Crippen LogP contribution < -0.4 is 0 Å². The van der Waals surface area contributed by atoms with E-state index in [1.807, 2.05) is 18.2 Å². The molecule has 2 aromatic rings. The first kappa shape index (κ1) is 13.2. The molecule has 2 heterocycles. The minimum atomic E-state index is -3.00. The number of rotatable bonds is 1. The van der Waals surface area contributed by atoms with Crippen molar-refractivity contribution in [1.29, 1.82) is 0 Å². The van der Waals surface area contributed by atoms with Gasteiger partial charge in [0.05, 0.1) is 11.5 Å². The van der Waals surface area contributed by atoms with E-state index in [2.05, 4.69) is 4.98 Å². The summed E-state index contributed by atoms with van der Waals surface area (Å²) in [5.74, 6) is 0.139. The highest BCUT2D eigenvalue weighted by molar-refractivity contribution is 7.91. The standard InChI is InChI=1S/C14H16N2O3S/c17-14(16-7-2-9-20(18,19)10-8-16)12-3-1-4-13-11(12)5-6-15-13/h1,3-6,15H,2,7-10H2. The number of carbonyl (C=O) groups is 1. The number of hydrogen-bond acceptors (Lipinski definition) is 3. The fraction of sp³-hybridized carbons (Fsp3) is 0.357. The number of H-pyrrole nitrogens is 1. The molecule has 0 atom stereocenters. The van der Waals surface area contributed by atoms with Crippen LogP contribution in [0.4, 0.5) is 0 Å². The van der Waals surface area contributed by atoms with Crippen LogP contribution in [0, 0.1) is 0 Å². The van der Waals surface area contributed by atoms with Gasteiger partial charge in [-0.3, -0.25) is 4.79 Å². The molecular formula is C14H16N2O3S. The van der Waals surface area contributed by atoms with Crippen LogP contribution in [-0.2, 0) is 9.84 Å². The SMILES string of the molecule is O=C(c1cccc2[nH]ccc12)N1CCCS(=O)(=O)CC1. The summed E-state index contributed by atoms with van der Waals surface area (Å²) in [6.07, 6.45) is 2.31. The van der Waals surface area contributed by atoms with E-state index in [0.29, 0.717) is 18.5 Å². The number of sulfone groups is 1. The average molecular weight is 292 g/mol. The lowest BCUT2D eigenvalue weighted by atomic mass is 10.1. The third-order valence-electron chi connectivity index (χ3n) is 3.67. The van der Waals surface area contributed by atoms with Crippen molar-refractivity contribution in [2.45, 2.75) is 6.42 Å². The molecule has 1 N–H and O–H groups in total. The lowest BCUT2D eigenvalue weighted by molar-refractivity contribution is 0.0770. The Labute approximate surface area is 117 Å². The molecule has 1 aromatic heterocycles. The van der Waals surface area contributed by atoms with Crippen LogP contribution in [0.3, 0.4) is 0 Å². The Kier molecular flexibility index (Phi) is 3.25.